The highest BCUT2D eigenvalue weighted by Gasteiger charge is 2.26. The van der Waals surface area contributed by atoms with Crippen LogP contribution in [0.3, 0.4) is 0 Å². The third-order valence-electron chi connectivity index (χ3n) is 4.88. The lowest BCUT2D eigenvalue weighted by molar-refractivity contribution is -0.118. The van der Waals surface area contributed by atoms with E-state index in [0.29, 0.717) is 27.3 Å². The molecule has 0 fully saturated rings. The van der Waals surface area contributed by atoms with Gasteiger partial charge in [0.2, 0.25) is 11.0 Å². The molecule has 3 aromatic rings. The molecule has 0 bridgehead atoms. The second kappa shape index (κ2) is 11.3. The van der Waals surface area contributed by atoms with Crippen molar-refractivity contribution >= 4 is 34.1 Å². The summed E-state index contributed by atoms with van der Waals surface area (Å²) in [4.78, 5) is 25.5. The van der Waals surface area contributed by atoms with Gasteiger partial charge in [0.25, 0.3) is 0 Å². The van der Waals surface area contributed by atoms with Gasteiger partial charge < -0.3 is 24.8 Å². The number of hydrogen-bond acceptors (Lipinski definition) is 8. The second-order valence-electron chi connectivity index (χ2n) is 7.52. The normalized spacial score (nSPS) is 11.5. The van der Waals surface area contributed by atoms with Crippen molar-refractivity contribution in [2.45, 2.75) is 19.9 Å². The SMILES string of the molecule is COc1ccc(-c2nnc(NC(=O)[C@@H](NC(=O)Nc3ccc(OC)cc3OC)C(C)C)s2)cc1. The van der Waals surface area contributed by atoms with Gasteiger partial charge in [0, 0.05) is 11.6 Å². The number of amides is 3. The molecule has 3 amide bonds. The van der Waals surface area contributed by atoms with E-state index in [9.17, 15) is 9.59 Å². The van der Waals surface area contributed by atoms with Crippen molar-refractivity contribution in [1.82, 2.24) is 15.5 Å². The van der Waals surface area contributed by atoms with E-state index in [1.54, 1.807) is 32.4 Å². The van der Waals surface area contributed by atoms with Crippen molar-refractivity contribution < 1.29 is 23.8 Å². The Bertz CT molecular complexity index is 1130. The number of carbonyl (C=O) groups excluding carboxylic acids is 2. The molecule has 1 heterocycles. The molecule has 3 N–H and O–H groups in total. The summed E-state index contributed by atoms with van der Waals surface area (Å²) >= 11 is 1.24. The maximum Gasteiger partial charge on any atom is 0.320 e. The van der Waals surface area contributed by atoms with Crippen molar-refractivity contribution in [2.24, 2.45) is 5.92 Å². The van der Waals surface area contributed by atoms with Crippen LogP contribution in [-0.2, 0) is 4.79 Å². The van der Waals surface area contributed by atoms with Crippen LogP contribution in [0, 0.1) is 5.92 Å². The molecule has 1 atom stereocenters. The van der Waals surface area contributed by atoms with Crippen LogP contribution in [0.2, 0.25) is 0 Å². The van der Waals surface area contributed by atoms with Gasteiger partial charge in [-0.25, -0.2) is 4.79 Å². The zero-order valence-electron chi connectivity index (χ0n) is 19.5. The minimum absolute atomic E-state index is 0.183. The first-order chi connectivity index (χ1) is 16.3. The molecule has 0 saturated heterocycles. The van der Waals surface area contributed by atoms with E-state index in [0.717, 1.165) is 11.3 Å². The largest absolute Gasteiger partial charge is 0.497 e. The van der Waals surface area contributed by atoms with E-state index in [1.165, 1.54) is 18.4 Å². The summed E-state index contributed by atoms with van der Waals surface area (Å²) in [5, 5.41) is 17.3. The number of anilines is 2. The van der Waals surface area contributed by atoms with E-state index in [1.807, 2.05) is 38.1 Å². The lowest BCUT2D eigenvalue weighted by Gasteiger charge is -2.21. The lowest BCUT2D eigenvalue weighted by atomic mass is 10.0. The molecule has 0 aliphatic rings. The Kier molecular flexibility index (Phi) is 8.25. The average Bonchev–Trinajstić information content (AvgIpc) is 3.30. The second-order valence-corrected chi connectivity index (χ2v) is 8.49. The first-order valence-electron chi connectivity index (χ1n) is 10.4. The first kappa shape index (κ1) is 24.8. The number of aromatic nitrogens is 2. The number of nitrogens with one attached hydrogen (secondary N) is 3. The van der Waals surface area contributed by atoms with Crippen LogP contribution in [0.15, 0.2) is 42.5 Å². The molecule has 3 rings (SSSR count). The summed E-state index contributed by atoms with van der Waals surface area (Å²) in [7, 11) is 4.63. The molecule has 10 nitrogen and oxygen atoms in total. The van der Waals surface area contributed by atoms with E-state index in [-0.39, 0.29) is 5.92 Å². The Morgan fingerprint density at radius 2 is 1.56 bits per heavy atom. The quantitative estimate of drug-likeness (QED) is 0.418. The van der Waals surface area contributed by atoms with Crippen LogP contribution in [0.4, 0.5) is 15.6 Å². The molecule has 0 unspecified atom stereocenters. The average molecular weight is 486 g/mol. The van der Waals surface area contributed by atoms with Gasteiger partial charge in [0.15, 0.2) is 0 Å². The van der Waals surface area contributed by atoms with Gasteiger partial charge in [-0.2, -0.15) is 0 Å². The molecule has 0 saturated carbocycles. The van der Waals surface area contributed by atoms with Crippen molar-refractivity contribution in [3.8, 4) is 27.8 Å². The molecular weight excluding hydrogens is 458 g/mol. The van der Waals surface area contributed by atoms with Gasteiger partial charge in [0.1, 0.15) is 28.3 Å². The van der Waals surface area contributed by atoms with Crippen LogP contribution in [0.25, 0.3) is 10.6 Å². The van der Waals surface area contributed by atoms with Crippen molar-refractivity contribution in [2.75, 3.05) is 32.0 Å². The molecule has 180 valence electrons. The Hall–Kier alpha value is -3.86. The number of urea groups is 1. The molecule has 11 heteroatoms. The fourth-order valence-electron chi connectivity index (χ4n) is 3.04. The molecule has 0 aliphatic carbocycles. The van der Waals surface area contributed by atoms with E-state index >= 15 is 0 Å². The van der Waals surface area contributed by atoms with Gasteiger partial charge in [-0.05, 0) is 42.3 Å². The summed E-state index contributed by atoms with van der Waals surface area (Å²) in [6.45, 7) is 3.67. The predicted octanol–water partition coefficient (Wildman–Crippen LogP) is 4.02. The topological polar surface area (TPSA) is 124 Å². The lowest BCUT2D eigenvalue weighted by Crippen LogP contribution is -2.48. The van der Waals surface area contributed by atoms with Gasteiger partial charge >= 0.3 is 6.03 Å². The van der Waals surface area contributed by atoms with Crippen LogP contribution in [0.5, 0.6) is 17.2 Å². The molecule has 0 aliphatic heterocycles. The molecule has 34 heavy (non-hydrogen) atoms. The zero-order valence-corrected chi connectivity index (χ0v) is 20.4. The molecule has 0 radical (unpaired) electrons. The smallest absolute Gasteiger partial charge is 0.320 e. The summed E-state index contributed by atoms with van der Waals surface area (Å²) in [6.07, 6.45) is 0. The number of benzene rings is 2. The number of methoxy groups -OCH3 is 3. The number of rotatable bonds is 9. The number of carbonyl (C=O) groups is 2. The minimum atomic E-state index is -0.808. The third kappa shape index (κ3) is 6.13. The summed E-state index contributed by atoms with van der Waals surface area (Å²) < 4.78 is 15.6. The standard InChI is InChI=1S/C23H27N5O5S/c1-13(2)19(25-22(30)24-17-11-10-16(32-4)12-18(17)33-5)20(29)26-23-28-27-21(34-23)14-6-8-15(31-3)9-7-14/h6-13,19H,1-5H3,(H2,24,25,30)(H,26,28,29)/t19-/m0/s1. The molecule has 2 aromatic carbocycles. The van der Waals surface area contributed by atoms with Gasteiger partial charge in [-0.1, -0.05) is 25.2 Å². The van der Waals surface area contributed by atoms with Gasteiger partial charge in [-0.3, -0.25) is 10.1 Å². The highest BCUT2D eigenvalue weighted by Crippen LogP contribution is 2.29. The van der Waals surface area contributed by atoms with Gasteiger partial charge in [-0.15, -0.1) is 10.2 Å². The zero-order chi connectivity index (χ0) is 24.7. The Labute approximate surface area is 201 Å². The van der Waals surface area contributed by atoms with Crippen molar-refractivity contribution in [3.05, 3.63) is 42.5 Å². The highest BCUT2D eigenvalue weighted by atomic mass is 32.1. The van der Waals surface area contributed by atoms with Crippen LogP contribution in [0.1, 0.15) is 13.8 Å². The maximum atomic E-state index is 12.9. The van der Waals surface area contributed by atoms with E-state index in [2.05, 4.69) is 26.1 Å². The Morgan fingerprint density at radius 3 is 2.18 bits per heavy atom. The van der Waals surface area contributed by atoms with Crippen LogP contribution < -0.4 is 30.2 Å². The van der Waals surface area contributed by atoms with E-state index < -0.39 is 18.0 Å². The third-order valence-corrected chi connectivity index (χ3v) is 5.77. The number of hydrogen-bond donors (Lipinski definition) is 3. The number of ether oxygens (including phenoxy) is 3. The maximum absolute atomic E-state index is 12.9. The highest BCUT2D eigenvalue weighted by molar-refractivity contribution is 7.18. The Morgan fingerprint density at radius 1 is 0.882 bits per heavy atom. The monoisotopic (exact) mass is 485 g/mol. The minimum Gasteiger partial charge on any atom is -0.497 e. The van der Waals surface area contributed by atoms with Crippen LogP contribution >= 0.6 is 11.3 Å². The first-order valence-corrected chi connectivity index (χ1v) is 11.2. The molecular formula is C23H27N5O5S. The summed E-state index contributed by atoms with van der Waals surface area (Å²) in [5.74, 6) is 1.17. The fraction of sp³-hybridized carbons (Fsp3) is 0.304. The fourth-order valence-corrected chi connectivity index (χ4v) is 3.80. The molecule has 1 aromatic heterocycles. The predicted molar refractivity (Wildman–Crippen MR) is 131 cm³/mol. The molecule has 0 spiro atoms. The Balaban J connectivity index is 1.65. The van der Waals surface area contributed by atoms with Crippen molar-refractivity contribution in [1.29, 1.82) is 0 Å². The summed E-state index contributed by atoms with van der Waals surface area (Å²) in [5.41, 5.74) is 1.29. The van der Waals surface area contributed by atoms with Crippen molar-refractivity contribution in [3.63, 3.8) is 0 Å². The van der Waals surface area contributed by atoms with Gasteiger partial charge in [0.05, 0.1) is 27.0 Å². The number of nitrogens with zero attached hydrogens (tertiary/aromatic N) is 2. The van der Waals surface area contributed by atoms with Crippen LogP contribution in [-0.4, -0.2) is 49.5 Å². The summed E-state index contributed by atoms with van der Waals surface area (Å²) in [6, 6.07) is 11.0. The van der Waals surface area contributed by atoms with E-state index in [4.69, 9.17) is 14.2 Å².